The molecule has 2 aliphatic heterocycles. The molecule has 7 heteroatoms. The first-order valence-electron chi connectivity index (χ1n) is 11.7. The number of para-hydroxylation sites is 1. The summed E-state index contributed by atoms with van der Waals surface area (Å²) in [6.07, 6.45) is 4.47. The smallest absolute Gasteiger partial charge is 0.251 e. The standard InChI is InChI=1S/C27H30N4O3/c1-5-33-25-9-7-6-8-21(25)26-28-23(19(4)34-26)16-30-12-13-31-24(27(30)32)15-22(29-31)20-11-10-17(2)18(3)14-20/h6-14,22,24,29H,5,15-16H2,1-4H3. The predicted molar refractivity (Wildman–Crippen MR) is 130 cm³/mol. The van der Waals surface area contributed by atoms with Crippen LogP contribution in [0.1, 0.15) is 47.5 Å². The minimum atomic E-state index is -0.248. The van der Waals surface area contributed by atoms with E-state index in [1.807, 2.05) is 55.5 Å². The summed E-state index contributed by atoms with van der Waals surface area (Å²) in [6, 6.07) is 14.0. The molecule has 0 radical (unpaired) electrons. The van der Waals surface area contributed by atoms with Crippen molar-refractivity contribution >= 4 is 5.91 Å². The van der Waals surface area contributed by atoms with E-state index in [0.29, 0.717) is 31.2 Å². The Bertz CT molecular complexity index is 1250. The number of rotatable bonds is 6. The fourth-order valence-corrected chi connectivity index (χ4v) is 4.54. The van der Waals surface area contributed by atoms with Crippen LogP contribution in [0.2, 0.25) is 0 Å². The van der Waals surface area contributed by atoms with E-state index in [1.54, 1.807) is 4.90 Å². The second-order valence-corrected chi connectivity index (χ2v) is 8.90. The molecule has 0 saturated carbocycles. The van der Waals surface area contributed by atoms with Gasteiger partial charge in [-0.25, -0.2) is 10.4 Å². The highest BCUT2D eigenvalue weighted by Crippen LogP contribution is 2.34. The molecule has 1 N–H and O–H groups in total. The van der Waals surface area contributed by atoms with Gasteiger partial charge in [0.05, 0.1) is 24.8 Å². The predicted octanol–water partition coefficient (Wildman–Crippen LogP) is 4.80. The van der Waals surface area contributed by atoms with Crippen LogP contribution in [0.25, 0.3) is 11.5 Å². The molecular weight excluding hydrogens is 428 g/mol. The number of ether oxygens (including phenoxy) is 1. The van der Waals surface area contributed by atoms with E-state index in [9.17, 15) is 4.79 Å². The Kier molecular flexibility index (Phi) is 5.87. The van der Waals surface area contributed by atoms with Crippen LogP contribution in [0.15, 0.2) is 59.3 Å². The molecule has 34 heavy (non-hydrogen) atoms. The number of oxazole rings is 1. The van der Waals surface area contributed by atoms with Crippen molar-refractivity contribution in [3.8, 4) is 17.2 Å². The van der Waals surface area contributed by atoms with Gasteiger partial charge in [0.2, 0.25) is 5.89 Å². The topological polar surface area (TPSA) is 70.8 Å². The number of fused-ring (bicyclic) bond motifs is 1. The largest absolute Gasteiger partial charge is 0.493 e. The Labute approximate surface area is 200 Å². The van der Waals surface area contributed by atoms with Gasteiger partial charge in [-0.15, -0.1) is 0 Å². The van der Waals surface area contributed by atoms with Gasteiger partial charge in [-0.05, 0) is 62.9 Å². The lowest BCUT2D eigenvalue weighted by Gasteiger charge is -2.31. The van der Waals surface area contributed by atoms with Crippen molar-refractivity contribution in [1.82, 2.24) is 20.3 Å². The number of aromatic nitrogens is 1. The number of hydrazine groups is 1. The Morgan fingerprint density at radius 3 is 2.74 bits per heavy atom. The molecule has 1 amide bonds. The number of hydrogen-bond acceptors (Lipinski definition) is 6. The van der Waals surface area contributed by atoms with Crippen molar-refractivity contribution in [2.45, 2.75) is 52.7 Å². The lowest BCUT2D eigenvalue weighted by Crippen LogP contribution is -2.47. The zero-order valence-corrected chi connectivity index (χ0v) is 20.0. The van der Waals surface area contributed by atoms with Gasteiger partial charge in [0.15, 0.2) is 0 Å². The number of carbonyl (C=O) groups is 1. The summed E-state index contributed by atoms with van der Waals surface area (Å²) in [7, 11) is 0. The van der Waals surface area contributed by atoms with Crippen molar-refractivity contribution in [2.24, 2.45) is 0 Å². The molecule has 2 unspecified atom stereocenters. The van der Waals surface area contributed by atoms with Crippen LogP contribution in [-0.2, 0) is 11.3 Å². The Morgan fingerprint density at radius 1 is 1.12 bits per heavy atom. The van der Waals surface area contributed by atoms with Crippen molar-refractivity contribution in [2.75, 3.05) is 6.61 Å². The van der Waals surface area contributed by atoms with Crippen LogP contribution >= 0.6 is 0 Å². The fourth-order valence-electron chi connectivity index (χ4n) is 4.54. The van der Waals surface area contributed by atoms with E-state index < -0.39 is 0 Å². The first-order valence-corrected chi connectivity index (χ1v) is 11.7. The van der Waals surface area contributed by atoms with E-state index >= 15 is 0 Å². The van der Waals surface area contributed by atoms with Crippen molar-refractivity contribution in [3.63, 3.8) is 0 Å². The molecule has 1 fully saturated rings. The quantitative estimate of drug-likeness (QED) is 0.572. The summed E-state index contributed by atoms with van der Waals surface area (Å²) in [5, 5.41) is 1.93. The lowest BCUT2D eigenvalue weighted by molar-refractivity contribution is -0.135. The Balaban J connectivity index is 1.32. The van der Waals surface area contributed by atoms with E-state index in [1.165, 1.54) is 16.7 Å². The van der Waals surface area contributed by atoms with Gasteiger partial charge in [-0.1, -0.05) is 30.3 Å². The van der Waals surface area contributed by atoms with Gasteiger partial charge in [0.1, 0.15) is 23.2 Å². The molecule has 3 aromatic rings. The Hall–Kier alpha value is -3.58. The molecule has 5 rings (SSSR count). The highest BCUT2D eigenvalue weighted by molar-refractivity contribution is 5.84. The van der Waals surface area contributed by atoms with Crippen molar-refractivity contribution in [1.29, 1.82) is 0 Å². The first-order chi connectivity index (χ1) is 16.4. The van der Waals surface area contributed by atoms with Crippen LogP contribution in [0.5, 0.6) is 5.75 Å². The average Bonchev–Trinajstić information content (AvgIpc) is 3.42. The van der Waals surface area contributed by atoms with Crippen LogP contribution in [0, 0.1) is 20.8 Å². The molecule has 1 saturated heterocycles. The summed E-state index contributed by atoms with van der Waals surface area (Å²) in [5.74, 6) is 1.99. The van der Waals surface area contributed by atoms with Gasteiger partial charge in [-0.3, -0.25) is 4.79 Å². The second kappa shape index (κ2) is 8.99. The van der Waals surface area contributed by atoms with E-state index in [4.69, 9.17) is 14.1 Å². The summed E-state index contributed by atoms with van der Waals surface area (Å²) in [6.45, 7) is 8.98. The number of hydrogen-bond donors (Lipinski definition) is 1. The maximum absolute atomic E-state index is 13.4. The molecule has 176 valence electrons. The highest BCUT2D eigenvalue weighted by atomic mass is 16.5. The minimum Gasteiger partial charge on any atom is -0.493 e. The molecule has 0 aliphatic carbocycles. The van der Waals surface area contributed by atoms with E-state index in [-0.39, 0.29) is 18.0 Å². The highest BCUT2D eigenvalue weighted by Gasteiger charge is 2.40. The van der Waals surface area contributed by atoms with Crippen LogP contribution < -0.4 is 10.2 Å². The van der Waals surface area contributed by atoms with Gasteiger partial charge < -0.3 is 19.1 Å². The Morgan fingerprint density at radius 2 is 1.94 bits per heavy atom. The SMILES string of the molecule is CCOc1ccccc1-c1nc(CN2C=CN3NC(c4ccc(C)c(C)c4)CC3C2=O)c(C)o1. The summed E-state index contributed by atoms with van der Waals surface area (Å²) < 4.78 is 11.7. The summed E-state index contributed by atoms with van der Waals surface area (Å²) in [4.78, 5) is 19.8. The fraction of sp³-hybridized carbons (Fsp3) is 0.333. The lowest BCUT2D eigenvalue weighted by atomic mass is 9.97. The average molecular weight is 459 g/mol. The summed E-state index contributed by atoms with van der Waals surface area (Å²) in [5.41, 5.74) is 8.76. The third-order valence-electron chi connectivity index (χ3n) is 6.64. The second-order valence-electron chi connectivity index (χ2n) is 8.90. The number of amides is 1. The van der Waals surface area contributed by atoms with Crippen molar-refractivity contribution in [3.05, 3.63) is 83.0 Å². The van der Waals surface area contributed by atoms with Crippen LogP contribution in [0.3, 0.4) is 0 Å². The zero-order valence-electron chi connectivity index (χ0n) is 20.0. The minimum absolute atomic E-state index is 0.0556. The normalized spacial score (nSPS) is 19.6. The summed E-state index contributed by atoms with van der Waals surface area (Å²) >= 11 is 0. The maximum atomic E-state index is 13.4. The molecule has 2 aliphatic rings. The van der Waals surface area contributed by atoms with E-state index in [0.717, 1.165) is 17.0 Å². The van der Waals surface area contributed by atoms with Crippen LogP contribution in [-0.4, -0.2) is 33.4 Å². The zero-order chi connectivity index (χ0) is 23.8. The number of nitrogens with one attached hydrogen (secondary N) is 1. The van der Waals surface area contributed by atoms with Crippen LogP contribution in [0.4, 0.5) is 0 Å². The molecule has 1 aromatic heterocycles. The number of benzene rings is 2. The molecule has 2 aromatic carbocycles. The first kappa shape index (κ1) is 22.2. The third kappa shape index (κ3) is 4.07. The van der Waals surface area contributed by atoms with Gasteiger partial charge in [0, 0.05) is 12.4 Å². The van der Waals surface area contributed by atoms with Gasteiger partial charge in [0.25, 0.3) is 5.91 Å². The molecule has 3 heterocycles. The molecule has 0 bridgehead atoms. The van der Waals surface area contributed by atoms with Gasteiger partial charge in [-0.2, -0.15) is 0 Å². The molecule has 7 nitrogen and oxygen atoms in total. The third-order valence-corrected chi connectivity index (χ3v) is 6.64. The monoisotopic (exact) mass is 458 g/mol. The van der Waals surface area contributed by atoms with Gasteiger partial charge >= 0.3 is 0 Å². The number of carbonyl (C=O) groups excluding carboxylic acids is 1. The molecule has 0 spiro atoms. The molecule has 2 atom stereocenters. The number of nitrogens with zero attached hydrogens (tertiary/aromatic N) is 3. The van der Waals surface area contributed by atoms with E-state index in [2.05, 4.69) is 37.5 Å². The molecular formula is C27H30N4O3. The number of aryl methyl sites for hydroxylation is 3. The van der Waals surface area contributed by atoms with Crippen molar-refractivity contribution < 1.29 is 13.9 Å². The maximum Gasteiger partial charge on any atom is 0.251 e.